The summed E-state index contributed by atoms with van der Waals surface area (Å²) >= 11 is 0. The number of carbonyl (C=O) groups excluding carboxylic acids is 2. The summed E-state index contributed by atoms with van der Waals surface area (Å²) in [5, 5.41) is 13.0. The summed E-state index contributed by atoms with van der Waals surface area (Å²) in [5.74, 6) is -0.242. The van der Waals surface area contributed by atoms with Crippen LogP contribution in [0.2, 0.25) is 0 Å². The molecular weight excluding hydrogens is 464 g/mol. The van der Waals surface area contributed by atoms with Crippen LogP contribution in [0.3, 0.4) is 0 Å². The SMILES string of the molecule is CC/C=C/C/C=C/C/C=C/C/C=C/C/C=C/CCCC(=O)NCCN(C)CCNC(=O)CN(C)C(=N)N. The normalized spacial score (nSPS) is 12.1. The molecule has 0 spiro atoms. The lowest BCUT2D eigenvalue weighted by atomic mass is 10.2. The molecule has 8 nitrogen and oxygen atoms in total. The van der Waals surface area contributed by atoms with E-state index in [0.717, 1.165) is 44.9 Å². The number of rotatable bonds is 21. The third-order valence-corrected chi connectivity index (χ3v) is 5.36. The summed E-state index contributed by atoms with van der Waals surface area (Å²) in [5.41, 5.74) is 5.31. The molecule has 0 bridgehead atoms. The zero-order valence-corrected chi connectivity index (χ0v) is 23.3. The van der Waals surface area contributed by atoms with E-state index in [1.807, 2.05) is 11.9 Å². The molecular formula is C29H50N6O2. The second-order valence-corrected chi connectivity index (χ2v) is 8.84. The summed E-state index contributed by atoms with van der Waals surface area (Å²) in [4.78, 5) is 27.1. The summed E-state index contributed by atoms with van der Waals surface area (Å²) < 4.78 is 0. The molecule has 0 aromatic heterocycles. The largest absolute Gasteiger partial charge is 0.370 e. The van der Waals surface area contributed by atoms with Crippen LogP contribution in [0.4, 0.5) is 0 Å². The smallest absolute Gasteiger partial charge is 0.239 e. The number of nitrogens with zero attached hydrogens (tertiary/aromatic N) is 2. The second kappa shape index (κ2) is 24.6. The molecule has 5 N–H and O–H groups in total. The Balaban J connectivity index is 3.66. The molecule has 0 heterocycles. The highest BCUT2D eigenvalue weighted by Gasteiger charge is 2.07. The molecule has 0 aromatic rings. The van der Waals surface area contributed by atoms with Gasteiger partial charge in [-0.2, -0.15) is 0 Å². The van der Waals surface area contributed by atoms with Gasteiger partial charge >= 0.3 is 0 Å². The summed E-state index contributed by atoms with van der Waals surface area (Å²) in [6.45, 7) is 4.68. The Morgan fingerprint density at radius 2 is 1.22 bits per heavy atom. The predicted molar refractivity (Wildman–Crippen MR) is 156 cm³/mol. The number of hydrogen-bond donors (Lipinski definition) is 4. The average molecular weight is 515 g/mol. The van der Waals surface area contributed by atoms with Crippen LogP contribution in [0, 0.1) is 5.41 Å². The first-order valence-electron chi connectivity index (χ1n) is 13.4. The van der Waals surface area contributed by atoms with Crippen molar-refractivity contribution < 1.29 is 9.59 Å². The third kappa shape index (κ3) is 24.3. The number of hydrogen-bond acceptors (Lipinski definition) is 4. The molecule has 8 heteroatoms. The topological polar surface area (TPSA) is 115 Å². The monoisotopic (exact) mass is 514 g/mol. The van der Waals surface area contributed by atoms with Gasteiger partial charge in [0.25, 0.3) is 0 Å². The minimum Gasteiger partial charge on any atom is -0.370 e. The minimum absolute atomic E-state index is 0.0642. The van der Waals surface area contributed by atoms with Gasteiger partial charge in [-0.15, -0.1) is 0 Å². The van der Waals surface area contributed by atoms with Crippen molar-refractivity contribution in [2.75, 3.05) is 46.8 Å². The maximum atomic E-state index is 12.0. The first-order chi connectivity index (χ1) is 17.9. The van der Waals surface area contributed by atoms with Crippen LogP contribution >= 0.6 is 0 Å². The van der Waals surface area contributed by atoms with Gasteiger partial charge in [0.05, 0.1) is 6.54 Å². The van der Waals surface area contributed by atoms with Crippen LogP contribution in [0.15, 0.2) is 60.8 Å². The molecule has 2 amide bonds. The molecule has 0 aliphatic rings. The number of amides is 2. The molecule has 0 unspecified atom stereocenters. The Kier molecular flexibility index (Phi) is 22.5. The fourth-order valence-corrected chi connectivity index (χ4v) is 3.08. The van der Waals surface area contributed by atoms with E-state index in [1.165, 1.54) is 4.90 Å². The number of guanidine groups is 1. The highest BCUT2D eigenvalue weighted by molar-refractivity contribution is 5.83. The van der Waals surface area contributed by atoms with Crippen molar-refractivity contribution in [3.05, 3.63) is 60.8 Å². The van der Waals surface area contributed by atoms with Gasteiger partial charge in [0, 0.05) is 39.6 Å². The van der Waals surface area contributed by atoms with E-state index in [9.17, 15) is 9.59 Å². The quantitative estimate of drug-likeness (QED) is 0.0803. The minimum atomic E-state index is -0.174. The lowest BCUT2D eigenvalue weighted by molar-refractivity contribution is -0.121. The van der Waals surface area contributed by atoms with E-state index in [1.54, 1.807) is 7.05 Å². The number of nitrogens with two attached hydrogens (primary N) is 1. The fraction of sp³-hybridized carbons (Fsp3) is 0.552. The highest BCUT2D eigenvalue weighted by Crippen LogP contribution is 1.99. The van der Waals surface area contributed by atoms with Crippen LogP contribution < -0.4 is 16.4 Å². The van der Waals surface area contributed by atoms with Gasteiger partial charge in [0.15, 0.2) is 5.96 Å². The average Bonchev–Trinajstić information content (AvgIpc) is 2.85. The van der Waals surface area contributed by atoms with Crippen molar-refractivity contribution >= 4 is 17.8 Å². The molecule has 0 aliphatic heterocycles. The number of allylic oxidation sites excluding steroid dienone is 10. The standard InChI is InChI=1S/C29H50N6O2/c1-4-5-6-7-8-9-10-11-12-13-14-15-16-17-18-19-20-21-27(36)32-22-24-34(2)25-23-33-28(37)26-35(3)29(30)31/h5-6,8-9,11-12,14-15,17-18H,4,7,10,13,16,19-26H2,1-3H3,(H3,30,31)(H,32,36)(H,33,37)/b6-5+,9-8+,12-11+,15-14+,18-17+. The van der Waals surface area contributed by atoms with Gasteiger partial charge in [-0.3, -0.25) is 15.0 Å². The summed E-state index contributed by atoms with van der Waals surface area (Å²) in [6.07, 6.45) is 29.1. The lowest BCUT2D eigenvalue weighted by Gasteiger charge is -2.19. The second-order valence-electron chi connectivity index (χ2n) is 8.84. The number of likely N-dealkylation sites (N-methyl/N-ethyl adjacent to an activating group) is 2. The number of nitrogens with one attached hydrogen (secondary N) is 3. The van der Waals surface area contributed by atoms with E-state index in [-0.39, 0.29) is 24.3 Å². The van der Waals surface area contributed by atoms with Crippen molar-refractivity contribution in [1.82, 2.24) is 20.4 Å². The Morgan fingerprint density at radius 1 is 0.757 bits per heavy atom. The van der Waals surface area contributed by atoms with Gasteiger partial charge in [0.1, 0.15) is 0 Å². The summed E-state index contributed by atoms with van der Waals surface area (Å²) in [6, 6.07) is 0. The maximum absolute atomic E-state index is 12.0. The Morgan fingerprint density at radius 3 is 1.70 bits per heavy atom. The Hall–Kier alpha value is -3.13. The van der Waals surface area contributed by atoms with Crippen molar-refractivity contribution in [3.8, 4) is 0 Å². The lowest BCUT2D eigenvalue weighted by Crippen LogP contribution is -2.43. The van der Waals surface area contributed by atoms with Crippen LogP contribution in [-0.4, -0.2) is 74.4 Å². The molecule has 0 radical (unpaired) electrons. The highest BCUT2D eigenvalue weighted by atomic mass is 16.2. The first kappa shape index (κ1) is 33.9. The first-order valence-corrected chi connectivity index (χ1v) is 13.4. The predicted octanol–water partition coefficient (Wildman–Crippen LogP) is 3.90. The van der Waals surface area contributed by atoms with Gasteiger partial charge in [-0.1, -0.05) is 67.7 Å². The van der Waals surface area contributed by atoms with E-state index in [0.29, 0.717) is 32.6 Å². The molecule has 37 heavy (non-hydrogen) atoms. The zero-order chi connectivity index (χ0) is 27.6. The molecule has 0 saturated carbocycles. The van der Waals surface area contributed by atoms with Crippen molar-refractivity contribution in [3.63, 3.8) is 0 Å². The van der Waals surface area contributed by atoms with Crippen LogP contribution in [0.1, 0.15) is 58.3 Å². The van der Waals surface area contributed by atoms with Crippen LogP contribution in [0.25, 0.3) is 0 Å². The molecule has 0 atom stereocenters. The van der Waals surface area contributed by atoms with Crippen LogP contribution in [-0.2, 0) is 9.59 Å². The molecule has 0 fully saturated rings. The van der Waals surface area contributed by atoms with Crippen molar-refractivity contribution in [2.24, 2.45) is 5.73 Å². The molecule has 0 aliphatic carbocycles. The zero-order valence-electron chi connectivity index (χ0n) is 23.3. The number of unbranched alkanes of at least 4 members (excludes halogenated alkanes) is 1. The maximum Gasteiger partial charge on any atom is 0.239 e. The third-order valence-electron chi connectivity index (χ3n) is 5.36. The van der Waals surface area contributed by atoms with Crippen molar-refractivity contribution in [1.29, 1.82) is 5.41 Å². The molecule has 208 valence electrons. The van der Waals surface area contributed by atoms with Gasteiger partial charge in [0.2, 0.25) is 11.8 Å². The van der Waals surface area contributed by atoms with E-state index >= 15 is 0 Å². The van der Waals surface area contributed by atoms with E-state index < -0.39 is 0 Å². The number of carbonyl (C=O) groups is 2. The molecule has 0 rings (SSSR count). The van der Waals surface area contributed by atoms with Crippen molar-refractivity contribution in [2.45, 2.75) is 58.3 Å². The van der Waals surface area contributed by atoms with Gasteiger partial charge in [-0.25, -0.2) is 0 Å². The Labute approximate surface area is 224 Å². The van der Waals surface area contributed by atoms with Gasteiger partial charge < -0.3 is 26.2 Å². The van der Waals surface area contributed by atoms with E-state index in [2.05, 4.69) is 78.3 Å². The molecule has 0 aromatic carbocycles. The van der Waals surface area contributed by atoms with Crippen LogP contribution in [0.5, 0.6) is 0 Å². The Bertz CT molecular complexity index is 770. The van der Waals surface area contributed by atoms with Gasteiger partial charge in [-0.05, 0) is 52.0 Å². The van der Waals surface area contributed by atoms with E-state index in [4.69, 9.17) is 11.1 Å². The summed E-state index contributed by atoms with van der Waals surface area (Å²) in [7, 11) is 3.54. The fourth-order valence-electron chi connectivity index (χ4n) is 3.08. The molecule has 0 saturated heterocycles.